The fraction of sp³-hybridized carbons (Fsp3) is 0.292. The number of hydrogen-bond acceptors (Lipinski definition) is 7. The van der Waals surface area contributed by atoms with E-state index in [0.29, 0.717) is 24.2 Å². The maximum absolute atomic E-state index is 14.5. The third-order valence-corrected chi connectivity index (χ3v) is 5.83. The third kappa shape index (κ3) is 4.71. The number of halogens is 3. The Morgan fingerprint density at radius 2 is 1.92 bits per heavy atom. The van der Waals surface area contributed by atoms with Crippen LogP contribution >= 0.6 is 11.6 Å². The van der Waals surface area contributed by atoms with Gasteiger partial charge in [-0.05, 0) is 43.5 Å². The van der Waals surface area contributed by atoms with E-state index >= 15 is 0 Å². The molecule has 0 aliphatic rings. The van der Waals surface area contributed by atoms with Crippen LogP contribution in [0, 0.1) is 18.6 Å². The number of fused-ring (bicyclic) bond motifs is 1. The first-order valence-corrected chi connectivity index (χ1v) is 11.3. The van der Waals surface area contributed by atoms with Crippen molar-refractivity contribution < 1.29 is 28.1 Å². The molecule has 2 aromatic heterocycles. The van der Waals surface area contributed by atoms with Crippen molar-refractivity contribution in [2.45, 2.75) is 26.4 Å². The highest BCUT2D eigenvalue weighted by molar-refractivity contribution is 6.32. The second-order valence-corrected chi connectivity index (χ2v) is 8.22. The van der Waals surface area contributed by atoms with E-state index in [2.05, 4.69) is 15.0 Å². The first-order chi connectivity index (χ1) is 17.3. The van der Waals surface area contributed by atoms with Gasteiger partial charge in [-0.3, -0.25) is 4.98 Å². The summed E-state index contributed by atoms with van der Waals surface area (Å²) < 4.78 is 45.9. The summed E-state index contributed by atoms with van der Waals surface area (Å²) in [6, 6.07) is 5.37. The Kier molecular flexibility index (Phi) is 7.41. The topological polar surface area (TPSA) is 111 Å². The van der Waals surface area contributed by atoms with E-state index in [4.69, 9.17) is 25.8 Å². The quantitative estimate of drug-likeness (QED) is 0.344. The molecule has 0 saturated heterocycles. The predicted octanol–water partition coefficient (Wildman–Crippen LogP) is 3.87. The lowest BCUT2D eigenvalue weighted by atomic mass is 10.1. The van der Waals surface area contributed by atoms with Crippen molar-refractivity contribution in [1.29, 1.82) is 0 Å². The Labute approximate surface area is 209 Å². The number of benzene rings is 2. The number of aromatic nitrogens is 4. The highest BCUT2D eigenvalue weighted by Crippen LogP contribution is 2.34. The van der Waals surface area contributed by atoms with Crippen molar-refractivity contribution in [2.24, 2.45) is 0 Å². The lowest BCUT2D eigenvalue weighted by molar-refractivity contribution is 0.276. The second kappa shape index (κ2) is 10.5. The summed E-state index contributed by atoms with van der Waals surface area (Å²) in [6.45, 7) is 1.21. The zero-order valence-electron chi connectivity index (χ0n) is 19.7. The summed E-state index contributed by atoms with van der Waals surface area (Å²) in [4.78, 5) is 24.1. The molecule has 2 N–H and O–H groups in total. The van der Waals surface area contributed by atoms with Gasteiger partial charge in [0.05, 0.1) is 30.5 Å². The molecule has 0 bridgehead atoms. The molecule has 2 aromatic carbocycles. The summed E-state index contributed by atoms with van der Waals surface area (Å²) in [5.41, 5.74) is 0.699. The fourth-order valence-corrected chi connectivity index (χ4v) is 4.11. The number of ether oxygens (including phenoxy) is 3. The number of H-pyrrole nitrogens is 1. The molecular formula is C24H23ClF2N4O5. The van der Waals surface area contributed by atoms with Gasteiger partial charge in [0.15, 0.2) is 17.3 Å². The number of aliphatic hydroxyl groups is 1. The minimum atomic E-state index is -1.09. The van der Waals surface area contributed by atoms with Gasteiger partial charge in [0.1, 0.15) is 29.4 Å². The molecular weight excluding hydrogens is 498 g/mol. The molecule has 4 aromatic rings. The van der Waals surface area contributed by atoms with Crippen molar-refractivity contribution in [3.05, 3.63) is 68.4 Å². The summed E-state index contributed by atoms with van der Waals surface area (Å²) >= 11 is 6.57. The van der Waals surface area contributed by atoms with Gasteiger partial charge < -0.3 is 19.3 Å². The van der Waals surface area contributed by atoms with Crippen LogP contribution in [0.1, 0.15) is 23.4 Å². The number of nitrogens with zero attached hydrogens (tertiary/aromatic N) is 3. The van der Waals surface area contributed by atoms with Crippen molar-refractivity contribution in [1.82, 2.24) is 19.5 Å². The molecule has 0 fully saturated rings. The highest BCUT2D eigenvalue weighted by atomic mass is 35.5. The van der Waals surface area contributed by atoms with Gasteiger partial charge in [0, 0.05) is 12.7 Å². The van der Waals surface area contributed by atoms with E-state index in [9.17, 15) is 18.7 Å². The lowest BCUT2D eigenvalue weighted by Crippen LogP contribution is -2.16. The largest absolute Gasteiger partial charge is 0.496 e. The number of aliphatic hydroxyl groups excluding tert-OH is 1. The molecule has 190 valence electrons. The van der Waals surface area contributed by atoms with Crippen LogP contribution in [0.15, 0.2) is 29.1 Å². The highest BCUT2D eigenvalue weighted by Gasteiger charge is 2.21. The molecule has 12 heteroatoms. The molecule has 0 radical (unpaired) electrons. The Morgan fingerprint density at radius 1 is 1.14 bits per heavy atom. The van der Waals surface area contributed by atoms with Gasteiger partial charge in [0.25, 0.3) is 0 Å². The van der Waals surface area contributed by atoms with Crippen molar-refractivity contribution in [2.75, 3.05) is 20.8 Å². The predicted molar refractivity (Wildman–Crippen MR) is 128 cm³/mol. The Hall–Kier alpha value is -3.70. The molecule has 36 heavy (non-hydrogen) atoms. The van der Waals surface area contributed by atoms with Crippen LogP contribution in [-0.4, -0.2) is 45.5 Å². The van der Waals surface area contributed by atoms with E-state index < -0.39 is 17.3 Å². The Morgan fingerprint density at radius 3 is 2.61 bits per heavy atom. The van der Waals surface area contributed by atoms with Crippen molar-refractivity contribution >= 4 is 22.8 Å². The fourth-order valence-electron chi connectivity index (χ4n) is 3.84. The van der Waals surface area contributed by atoms with Gasteiger partial charge in [-0.1, -0.05) is 11.6 Å². The first-order valence-electron chi connectivity index (χ1n) is 10.9. The molecule has 0 aliphatic heterocycles. The normalized spacial score (nSPS) is 11.2. The van der Waals surface area contributed by atoms with Crippen LogP contribution in [-0.2, 0) is 13.0 Å². The number of aryl methyl sites for hydroxylation is 2. The van der Waals surface area contributed by atoms with Crippen LogP contribution in [0.4, 0.5) is 8.78 Å². The zero-order chi connectivity index (χ0) is 26.0. The minimum absolute atomic E-state index is 0.0803. The van der Waals surface area contributed by atoms with E-state index in [0.717, 1.165) is 6.07 Å². The van der Waals surface area contributed by atoms with Gasteiger partial charge in [0.2, 0.25) is 5.88 Å². The second-order valence-electron chi connectivity index (χ2n) is 7.81. The number of imidazole rings is 1. The minimum Gasteiger partial charge on any atom is -0.496 e. The zero-order valence-corrected chi connectivity index (χ0v) is 20.4. The maximum atomic E-state index is 14.5. The molecule has 0 atom stereocenters. The summed E-state index contributed by atoms with van der Waals surface area (Å²) in [6.07, 6.45) is 0.785. The van der Waals surface area contributed by atoms with Gasteiger partial charge in [-0.25, -0.2) is 23.1 Å². The van der Waals surface area contributed by atoms with Crippen LogP contribution in [0.3, 0.4) is 0 Å². The first kappa shape index (κ1) is 25.4. The lowest BCUT2D eigenvalue weighted by Gasteiger charge is -2.17. The average molecular weight is 521 g/mol. The van der Waals surface area contributed by atoms with E-state index in [1.807, 2.05) is 0 Å². The Balaban J connectivity index is 1.84. The molecule has 2 heterocycles. The third-order valence-electron chi connectivity index (χ3n) is 5.53. The molecule has 4 rings (SSSR count). The molecule has 0 amide bonds. The number of nitrogens with one attached hydrogen (secondary N) is 1. The van der Waals surface area contributed by atoms with Crippen LogP contribution in [0.5, 0.6) is 17.4 Å². The molecule has 0 spiro atoms. The summed E-state index contributed by atoms with van der Waals surface area (Å²) in [5.74, 6) is -1.20. The number of hydrogen-bond donors (Lipinski definition) is 2. The van der Waals surface area contributed by atoms with E-state index in [1.165, 1.54) is 30.9 Å². The van der Waals surface area contributed by atoms with Crippen LogP contribution < -0.4 is 19.9 Å². The van der Waals surface area contributed by atoms with Crippen LogP contribution in [0.2, 0.25) is 5.02 Å². The smallest absolute Gasteiger partial charge is 0.332 e. The number of methoxy groups -OCH3 is 2. The van der Waals surface area contributed by atoms with E-state index in [-0.39, 0.29) is 58.0 Å². The molecule has 0 unspecified atom stereocenters. The Bertz CT molecular complexity index is 1490. The maximum Gasteiger partial charge on any atom is 0.332 e. The molecule has 0 saturated carbocycles. The van der Waals surface area contributed by atoms with E-state index in [1.54, 1.807) is 13.0 Å². The van der Waals surface area contributed by atoms with Gasteiger partial charge in [-0.15, -0.1) is 0 Å². The standard InChI is InChI=1S/C24H23ClF2N4O5/c1-12-28-22-21(23(29-12)35-3)30-24(33)31(22)17-10-19(13(5-4-8-32)9-15(17)25)36-11-14-18(34-2)7-6-16(26)20(14)27/h6-7,9-10,32H,4-5,8,11H2,1-3H3,(H,30,33). The molecule has 0 aliphatic carbocycles. The van der Waals surface area contributed by atoms with Crippen molar-refractivity contribution in [3.63, 3.8) is 0 Å². The summed E-state index contributed by atoms with van der Waals surface area (Å²) in [5, 5.41) is 9.52. The monoisotopic (exact) mass is 520 g/mol. The number of rotatable bonds is 9. The van der Waals surface area contributed by atoms with Gasteiger partial charge >= 0.3 is 5.69 Å². The summed E-state index contributed by atoms with van der Waals surface area (Å²) in [7, 11) is 2.76. The SMILES string of the molecule is COc1ccc(F)c(F)c1COc1cc(-n2c(=O)[nH]c3c(OC)nc(C)nc32)c(Cl)cc1CCCO. The van der Waals surface area contributed by atoms with Crippen LogP contribution in [0.25, 0.3) is 16.9 Å². The average Bonchev–Trinajstić information content (AvgIpc) is 3.19. The van der Waals surface area contributed by atoms with Crippen molar-refractivity contribution in [3.8, 4) is 23.1 Å². The van der Waals surface area contributed by atoms with Gasteiger partial charge in [-0.2, -0.15) is 4.98 Å². The molecule has 9 nitrogen and oxygen atoms in total. The number of aromatic amines is 1.